The molecule has 0 aromatic heterocycles. The highest BCUT2D eigenvalue weighted by atomic mass is 32.2. The van der Waals surface area contributed by atoms with Crippen LogP contribution in [0.1, 0.15) is 51.0 Å². The first-order chi connectivity index (χ1) is 14.3. The summed E-state index contributed by atoms with van der Waals surface area (Å²) in [5.41, 5.74) is 1.63. The summed E-state index contributed by atoms with van der Waals surface area (Å²) in [5.74, 6) is 1.37. The molecule has 2 aliphatic carbocycles. The number of amides is 1. The van der Waals surface area contributed by atoms with Crippen molar-refractivity contribution in [1.82, 2.24) is 5.32 Å². The van der Waals surface area contributed by atoms with E-state index in [0.29, 0.717) is 23.4 Å². The van der Waals surface area contributed by atoms with E-state index in [2.05, 4.69) is 19.2 Å². The van der Waals surface area contributed by atoms with E-state index in [-0.39, 0.29) is 23.4 Å². The Morgan fingerprint density at radius 3 is 2.30 bits per heavy atom. The molecule has 160 valence electrons. The first-order valence-corrected chi connectivity index (χ1v) is 12.3. The third-order valence-electron chi connectivity index (χ3n) is 6.55. The Bertz CT molecular complexity index is 987. The van der Waals surface area contributed by atoms with Crippen LogP contribution in [0.15, 0.2) is 59.5 Å². The zero-order valence-electron chi connectivity index (χ0n) is 17.6. The topological polar surface area (TPSA) is 66.5 Å². The lowest BCUT2D eigenvalue weighted by Crippen LogP contribution is -2.46. The van der Waals surface area contributed by atoms with Crippen molar-refractivity contribution >= 4 is 21.6 Å². The number of sulfonamides is 1. The molecule has 6 heteroatoms. The molecular formula is C24H30N2O3S. The molecule has 1 amide bonds. The molecular weight excluding hydrogens is 396 g/mol. The Morgan fingerprint density at radius 1 is 1.03 bits per heavy atom. The fourth-order valence-corrected chi connectivity index (χ4v) is 6.31. The van der Waals surface area contributed by atoms with Gasteiger partial charge in [-0.25, -0.2) is 8.42 Å². The van der Waals surface area contributed by atoms with Gasteiger partial charge in [0.25, 0.3) is 10.0 Å². The zero-order valence-corrected chi connectivity index (χ0v) is 18.4. The number of rotatable bonds is 7. The van der Waals surface area contributed by atoms with Gasteiger partial charge >= 0.3 is 0 Å². The molecule has 5 nitrogen and oxygen atoms in total. The minimum absolute atomic E-state index is 0.181. The predicted molar refractivity (Wildman–Crippen MR) is 119 cm³/mol. The molecule has 0 unspecified atom stereocenters. The molecule has 0 saturated heterocycles. The Balaban J connectivity index is 1.59. The van der Waals surface area contributed by atoms with Crippen molar-refractivity contribution in [3.8, 4) is 0 Å². The number of carbonyl (C=O) groups is 1. The van der Waals surface area contributed by atoms with Gasteiger partial charge in [-0.2, -0.15) is 0 Å². The summed E-state index contributed by atoms with van der Waals surface area (Å²) in [6.07, 6.45) is 4.63. The summed E-state index contributed by atoms with van der Waals surface area (Å²) in [7, 11) is -3.85. The Morgan fingerprint density at radius 2 is 1.73 bits per heavy atom. The van der Waals surface area contributed by atoms with Gasteiger partial charge in [0.1, 0.15) is 6.54 Å². The maximum Gasteiger partial charge on any atom is 0.264 e. The van der Waals surface area contributed by atoms with Gasteiger partial charge in [-0.3, -0.25) is 9.10 Å². The average molecular weight is 427 g/mol. The molecule has 0 aliphatic heterocycles. The monoisotopic (exact) mass is 426 g/mol. The van der Waals surface area contributed by atoms with Crippen LogP contribution < -0.4 is 9.62 Å². The standard InChI is InChI=1S/C24H30N2O3S/c1-17(2)19-10-12-21(13-11-19)26(30(28,29)22-6-4-3-5-7-22)16-24(27)25-23-15-18-8-9-20(23)14-18/h3-7,10-13,17-18,20,23H,8-9,14-16H2,1-2H3,(H,25,27)/t18-,20+,23-/m1/s1. The van der Waals surface area contributed by atoms with Crippen molar-refractivity contribution in [2.45, 2.75) is 56.4 Å². The molecule has 0 radical (unpaired) electrons. The van der Waals surface area contributed by atoms with Crippen LogP contribution in [-0.2, 0) is 14.8 Å². The lowest BCUT2D eigenvalue weighted by atomic mass is 9.95. The molecule has 2 aliphatic rings. The quantitative estimate of drug-likeness (QED) is 0.717. The minimum Gasteiger partial charge on any atom is -0.352 e. The van der Waals surface area contributed by atoms with Crippen LogP contribution in [0.25, 0.3) is 0 Å². The second-order valence-electron chi connectivity index (χ2n) is 8.92. The van der Waals surface area contributed by atoms with Crippen molar-refractivity contribution < 1.29 is 13.2 Å². The molecule has 2 bridgehead atoms. The smallest absolute Gasteiger partial charge is 0.264 e. The van der Waals surface area contributed by atoms with Crippen molar-refractivity contribution in [3.05, 3.63) is 60.2 Å². The van der Waals surface area contributed by atoms with E-state index in [1.165, 1.54) is 17.1 Å². The summed E-state index contributed by atoms with van der Waals surface area (Å²) in [6.45, 7) is 3.97. The summed E-state index contributed by atoms with van der Waals surface area (Å²) < 4.78 is 28.0. The molecule has 4 rings (SSSR count). The van der Waals surface area contributed by atoms with E-state index in [4.69, 9.17) is 0 Å². The van der Waals surface area contributed by atoms with Crippen molar-refractivity contribution in [2.75, 3.05) is 10.8 Å². The lowest BCUT2D eigenvalue weighted by Gasteiger charge is -2.27. The maximum atomic E-state index is 13.4. The minimum atomic E-state index is -3.85. The van der Waals surface area contributed by atoms with Crippen LogP contribution in [0.2, 0.25) is 0 Å². The van der Waals surface area contributed by atoms with Gasteiger partial charge in [0.05, 0.1) is 10.6 Å². The first-order valence-electron chi connectivity index (χ1n) is 10.8. The molecule has 30 heavy (non-hydrogen) atoms. The van der Waals surface area contributed by atoms with E-state index in [1.807, 2.05) is 12.1 Å². The van der Waals surface area contributed by atoms with E-state index in [1.54, 1.807) is 42.5 Å². The van der Waals surface area contributed by atoms with Gasteiger partial charge in [-0.05, 0) is 66.8 Å². The molecule has 2 fully saturated rings. The highest BCUT2D eigenvalue weighted by Gasteiger charge is 2.40. The number of nitrogens with zero attached hydrogens (tertiary/aromatic N) is 1. The van der Waals surface area contributed by atoms with E-state index in [9.17, 15) is 13.2 Å². The van der Waals surface area contributed by atoms with Crippen LogP contribution in [0.4, 0.5) is 5.69 Å². The molecule has 0 spiro atoms. The first kappa shape index (κ1) is 20.9. The number of hydrogen-bond donors (Lipinski definition) is 1. The third kappa shape index (κ3) is 4.24. The second-order valence-corrected chi connectivity index (χ2v) is 10.8. The number of fused-ring (bicyclic) bond motifs is 2. The average Bonchev–Trinajstić information content (AvgIpc) is 3.36. The molecule has 2 aromatic rings. The number of anilines is 1. The second kappa shape index (κ2) is 8.42. The van der Waals surface area contributed by atoms with Crippen LogP contribution in [0.3, 0.4) is 0 Å². The predicted octanol–water partition coefficient (Wildman–Crippen LogP) is 4.31. The Kier molecular flexibility index (Phi) is 5.87. The van der Waals surface area contributed by atoms with Gasteiger partial charge in [0, 0.05) is 6.04 Å². The number of carbonyl (C=O) groups excluding carboxylic acids is 1. The van der Waals surface area contributed by atoms with E-state index in [0.717, 1.165) is 18.4 Å². The largest absolute Gasteiger partial charge is 0.352 e. The molecule has 1 N–H and O–H groups in total. The van der Waals surface area contributed by atoms with Gasteiger partial charge < -0.3 is 5.32 Å². The normalized spacial score (nSPS) is 23.0. The summed E-state index contributed by atoms with van der Waals surface area (Å²) in [6, 6.07) is 15.9. The highest BCUT2D eigenvalue weighted by Crippen LogP contribution is 2.44. The number of hydrogen-bond acceptors (Lipinski definition) is 3. The molecule has 2 saturated carbocycles. The van der Waals surface area contributed by atoms with Gasteiger partial charge in [0.2, 0.25) is 5.91 Å². The lowest BCUT2D eigenvalue weighted by molar-refractivity contribution is -0.120. The summed E-state index contributed by atoms with van der Waals surface area (Å²) >= 11 is 0. The van der Waals surface area contributed by atoms with Crippen LogP contribution in [0, 0.1) is 11.8 Å². The molecule has 3 atom stereocenters. The molecule has 2 aromatic carbocycles. The van der Waals surface area contributed by atoms with Crippen molar-refractivity contribution in [3.63, 3.8) is 0 Å². The summed E-state index contributed by atoms with van der Waals surface area (Å²) in [4.78, 5) is 13.1. The Hall–Kier alpha value is -2.34. The van der Waals surface area contributed by atoms with Crippen molar-refractivity contribution in [2.24, 2.45) is 11.8 Å². The number of benzene rings is 2. The van der Waals surface area contributed by atoms with Gasteiger partial charge in [0.15, 0.2) is 0 Å². The van der Waals surface area contributed by atoms with Crippen LogP contribution in [0.5, 0.6) is 0 Å². The molecule has 0 heterocycles. The van der Waals surface area contributed by atoms with Crippen LogP contribution in [-0.4, -0.2) is 26.9 Å². The zero-order chi connectivity index (χ0) is 21.3. The van der Waals surface area contributed by atoms with Gasteiger partial charge in [-0.1, -0.05) is 50.6 Å². The fourth-order valence-electron chi connectivity index (χ4n) is 4.86. The fraction of sp³-hybridized carbons (Fsp3) is 0.458. The Labute approximate surface area is 179 Å². The highest BCUT2D eigenvalue weighted by molar-refractivity contribution is 7.92. The van der Waals surface area contributed by atoms with E-state index < -0.39 is 10.0 Å². The number of nitrogens with one attached hydrogen (secondary N) is 1. The van der Waals surface area contributed by atoms with Gasteiger partial charge in [-0.15, -0.1) is 0 Å². The van der Waals surface area contributed by atoms with Crippen LogP contribution >= 0.6 is 0 Å². The van der Waals surface area contributed by atoms with Crippen molar-refractivity contribution in [1.29, 1.82) is 0 Å². The van der Waals surface area contributed by atoms with E-state index >= 15 is 0 Å². The SMILES string of the molecule is CC(C)c1ccc(N(CC(=O)N[C@@H]2C[C@@H]3CC[C@H]2C3)S(=O)(=O)c2ccccc2)cc1. The summed E-state index contributed by atoms with van der Waals surface area (Å²) in [5, 5.41) is 3.12. The maximum absolute atomic E-state index is 13.4. The third-order valence-corrected chi connectivity index (χ3v) is 8.34.